The van der Waals surface area contributed by atoms with Gasteiger partial charge in [0.15, 0.2) is 0 Å². The minimum atomic E-state index is 0.650. The molecular formula is C9H5IN2. The molecule has 2 aromatic rings. The summed E-state index contributed by atoms with van der Waals surface area (Å²) in [5.74, 6) is 0. The van der Waals surface area contributed by atoms with Gasteiger partial charge in [0, 0.05) is 10.9 Å². The standard InChI is InChI=1S/C9H5IN2/c10-9-6-3-1-2-4-7(6)12-8(9)5-11/h1-4,12H. The van der Waals surface area contributed by atoms with Crippen LogP contribution in [0.4, 0.5) is 0 Å². The number of hydrogen-bond donors (Lipinski definition) is 1. The molecule has 0 saturated carbocycles. The number of halogens is 1. The van der Waals surface area contributed by atoms with Gasteiger partial charge < -0.3 is 4.98 Å². The van der Waals surface area contributed by atoms with Crippen LogP contribution in [-0.4, -0.2) is 4.98 Å². The Morgan fingerprint density at radius 1 is 1.33 bits per heavy atom. The summed E-state index contributed by atoms with van der Waals surface area (Å²) in [6.07, 6.45) is 0. The van der Waals surface area contributed by atoms with Crippen molar-refractivity contribution >= 4 is 33.5 Å². The lowest BCUT2D eigenvalue weighted by Gasteiger charge is -1.85. The Labute approximate surface area is 83.3 Å². The molecule has 0 amide bonds. The molecule has 1 N–H and O–H groups in total. The SMILES string of the molecule is N#Cc1[nH]c2ccccc2c1I. The van der Waals surface area contributed by atoms with E-state index >= 15 is 0 Å². The molecule has 2 nitrogen and oxygen atoms in total. The number of H-pyrrole nitrogens is 1. The van der Waals surface area contributed by atoms with Crippen molar-refractivity contribution < 1.29 is 0 Å². The number of fused-ring (bicyclic) bond motifs is 1. The molecule has 1 aromatic carbocycles. The fourth-order valence-corrected chi connectivity index (χ4v) is 1.91. The molecule has 2 rings (SSSR count). The van der Waals surface area contributed by atoms with Crippen molar-refractivity contribution in [2.45, 2.75) is 0 Å². The van der Waals surface area contributed by atoms with Crippen LogP contribution in [0.1, 0.15) is 5.69 Å². The largest absolute Gasteiger partial charge is 0.345 e. The van der Waals surface area contributed by atoms with Crippen molar-refractivity contribution in [3.63, 3.8) is 0 Å². The molecule has 0 radical (unpaired) electrons. The van der Waals surface area contributed by atoms with Crippen LogP contribution in [0.25, 0.3) is 10.9 Å². The lowest BCUT2D eigenvalue weighted by atomic mass is 10.2. The summed E-state index contributed by atoms with van der Waals surface area (Å²) in [6, 6.07) is 10.0. The zero-order valence-electron chi connectivity index (χ0n) is 6.13. The van der Waals surface area contributed by atoms with Gasteiger partial charge in [-0.05, 0) is 28.7 Å². The van der Waals surface area contributed by atoms with Gasteiger partial charge in [-0.15, -0.1) is 0 Å². The fraction of sp³-hybridized carbons (Fsp3) is 0. The van der Waals surface area contributed by atoms with E-state index in [4.69, 9.17) is 5.26 Å². The summed E-state index contributed by atoms with van der Waals surface area (Å²) >= 11 is 2.18. The molecule has 0 aliphatic heterocycles. The number of para-hydroxylation sites is 1. The van der Waals surface area contributed by atoms with E-state index in [9.17, 15) is 0 Å². The van der Waals surface area contributed by atoms with Gasteiger partial charge in [-0.3, -0.25) is 0 Å². The summed E-state index contributed by atoms with van der Waals surface area (Å²) in [5.41, 5.74) is 1.68. The Balaban J connectivity index is 2.90. The van der Waals surface area contributed by atoms with Crippen LogP contribution in [0.5, 0.6) is 0 Å². The highest BCUT2D eigenvalue weighted by molar-refractivity contribution is 14.1. The van der Waals surface area contributed by atoms with Crippen molar-refractivity contribution in [1.29, 1.82) is 5.26 Å². The number of benzene rings is 1. The first kappa shape index (κ1) is 7.62. The molecule has 0 fully saturated rings. The maximum Gasteiger partial charge on any atom is 0.132 e. The lowest BCUT2D eigenvalue weighted by Crippen LogP contribution is -1.73. The number of nitriles is 1. The molecule has 0 aliphatic rings. The Bertz CT molecular complexity index is 465. The second-order valence-electron chi connectivity index (χ2n) is 2.47. The van der Waals surface area contributed by atoms with Gasteiger partial charge in [-0.1, -0.05) is 18.2 Å². The van der Waals surface area contributed by atoms with Gasteiger partial charge in [0.25, 0.3) is 0 Å². The number of hydrogen-bond acceptors (Lipinski definition) is 1. The smallest absolute Gasteiger partial charge is 0.132 e. The molecule has 1 aromatic heterocycles. The zero-order valence-corrected chi connectivity index (χ0v) is 8.29. The van der Waals surface area contributed by atoms with E-state index < -0.39 is 0 Å². The van der Waals surface area contributed by atoms with E-state index in [1.165, 1.54) is 0 Å². The molecule has 3 heteroatoms. The highest BCUT2D eigenvalue weighted by atomic mass is 127. The highest BCUT2D eigenvalue weighted by Gasteiger charge is 2.05. The zero-order chi connectivity index (χ0) is 8.55. The number of nitrogens with one attached hydrogen (secondary N) is 1. The van der Waals surface area contributed by atoms with Gasteiger partial charge in [-0.25, -0.2) is 0 Å². The van der Waals surface area contributed by atoms with Crippen LogP contribution in [0.2, 0.25) is 0 Å². The molecule has 0 aliphatic carbocycles. The van der Waals surface area contributed by atoms with E-state index in [0.717, 1.165) is 14.5 Å². The molecular weight excluding hydrogens is 263 g/mol. The second kappa shape index (κ2) is 2.79. The Morgan fingerprint density at radius 3 is 2.75 bits per heavy atom. The van der Waals surface area contributed by atoms with E-state index in [0.29, 0.717) is 5.69 Å². The summed E-state index contributed by atoms with van der Waals surface area (Å²) in [6.45, 7) is 0. The predicted octanol–water partition coefficient (Wildman–Crippen LogP) is 2.64. The van der Waals surface area contributed by atoms with Gasteiger partial charge in [0.2, 0.25) is 0 Å². The van der Waals surface area contributed by atoms with Gasteiger partial charge in [-0.2, -0.15) is 5.26 Å². The molecule has 0 atom stereocenters. The quantitative estimate of drug-likeness (QED) is 0.733. The van der Waals surface area contributed by atoms with Crippen LogP contribution in [-0.2, 0) is 0 Å². The highest BCUT2D eigenvalue weighted by Crippen LogP contribution is 2.22. The number of aromatic amines is 1. The molecule has 1 heterocycles. The van der Waals surface area contributed by atoms with Crippen LogP contribution in [0, 0.1) is 14.9 Å². The van der Waals surface area contributed by atoms with Crippen molar-refractivity contribution in [3.8, 4) is 6.07 Å². The first-order valence-corrected chi connectivity index (χ1v) is 4.57. The lowest BCUT2D eigenvalue weighted by molar-refractivity contribution is 1.36. The van der Waals surface area contributed by atoms with Crippen molar-refractivity contribution in [1.82, 2.24) is 4.98 Å². The van der Waals surface area contributed by atoms with E-state index in [-0.39, 0.29) is 0 Å². The summed E-state index contributed by atoms with van der Waals surface area (Å²) in [5, 5.41) is 9.85. The Hall–Kier alpha value is -1.02. The molecule has 0 saturated heterocycles. The number of nitrogens with zero attached hydrogens (tertiary/aromatic N) is 1. The molecule has 0 bridgehead atoms. The van der Waals surface area contributed by atoms with E-state index in [2.05, 4.69) is 33.6 Å². The average Bonchev–Trinajstić information content (AvgIpc) is 2.44. The molecule has 0 unspecified atom stereocenters. The fourth-order valence-electron chi connectivity index (χ4n) is 1.18. The first-order valence-electron chi connectivity index (χ1n) is 3.49. The van der Waals surface area contributed by atoms with Gasteiger partial charge in [0.05, 0.1) is 3.57 Å². The minimum absolute atomic E-state index is 0.650. The second-order valence-corrected chi connectivity index (χ2v) is 3.55. The third kappa shape index (κ3) is 0.994. The normalized spacial score (nSPS) is 10.0. The summed E-state index contributed by atoms with van der Waals surface area (Å²) < 4.78 is 1.01. The van der Waals surface area contributed by atoms with Gasteiger partial charge in [0.1, 0.15) is 11.8 Å². The van der Waals surface area contributed by atoms with Crippen LogP contribution < -0.4 is 0 Å². The Morgan fingerprint density at radius 2 is 2.08 bits per heavy atom. The third-order valence-corrected chi connectivity index (χ3v) is 2.87. The van der Waals surface area contributed by atoms with Gasteiger partial charge >= 0.3 is 0 Å². The average molecular weight is 268 g/mol. The first-order chi connectivity index (χ1) is 5.83. The molecule has 12 heavy (non-hydrogen) atoms. The maximum atomic E-state index is 8.73. The summed E-state index contributed by atoms with van der Waals surface area (Å²) in [7, 11) is 0. The van der Waals surface area contributed by atoms with Crippen LogP contribution in [0.3, 0.4) is 0 Å². The van der Waals surface area contributed by atoms with Crippen LogP contribution in [0.15, 0.2) is 24.3 Å². The topological polar surface area (TPSA) is 39.6 Å². The van der Waals surface area contributed by atoms with E-state index in [1.807, 2.05) is 24.3 Å². The maximum absolute atomic E-state index is 8.73. The molecule has 0 spiro atoms. The molecule has 58 valence electrons. The van der Waals surface area contributed by atoms with Crippen LogP contribution >= 0.6 is 22.6 Å². The van der Waals surface area contributed by atoms with Crippen molar-refractivity contribution in [3.05, 3.63) is 33.5 Å². The monoisotopic (exact) mass is 268 g/mol. The van der Waals surface area contributed by atoms with E-state index in [1.54, 1.807) is 0 Å². The van der Waals surface area contributed by atoms with Crippen molar-refractivity contribution in [2.75, 3.05) is 0 Å². The minimum Gasteiger partial charge on any atom is -0.345 e. The third-order valence-electron chi connectivity index (χ3n) is 1.75. The number of aromatic nitrogens is 1. The number of rotatable bonds is 0. The Kier molecular flexibility index (Phi) is 1.77. The summed E-state index contributed by atoms with van der Waals surface area (Å²) in [4.78, 5) is 3.04. The predicted molar refractivity (Wildman–Crippen MR) is 55.7 cm³/mol. The van der Waals surface area contributed by atoms with Crippen molar-refractivity contribution in [2.24, 2.45) is 0 Å².